The van der Waals surface area contributed by atoms with Crippen molar-refractivity contribution in [1.82, 2.24) is 9.62 Å². The van der Waals surface area contributed by atoms with Crippen LogP contribution in [0.1, 0.15) is 12.8 Å². The van der Waals surface area contributed by atoms with Gasteiger partial charge in [-0.3, -0.25) is 0 Å². The van der Waals surface area contributed by atoms with E-state index in [9.17, 15) is 17.2 Å². The highest BCUT2D eigenvalue weighted by Crippen LogP contribution is 2.24. The number of rotatable bonds is 4. The lowest BCUT2D eigenvalue weighted by molar-refractivity contribution is 0.263. The molecule has 0 aromatic heterocycles. The first-order valence-electron chi connectivity index (χ1n) is 6.55. The van der Waals surface area contributed by atoms with E-state index < -0.39 is 21.7 Å². The first-order chi connectivity index (χ1) is 9.45. The zero-order valence-electron chi connectivity index (χ0n) is 11.3. The van der Waals surface area contributed by atoms with Gasteiger partial charge in [0.1, 0.15) is 0 Å². The van der Waals surface area contributed by atoms with Crippen molar-refractivity contribution in [1.29, 1.82) is 0 Å². The second-order valence-electron chi connectivity index (χ2n) is 5.00. The van der Waals surface area contributed by atoms with Crippen molar-refractivity contribution in [2.75, 3.05) is 26.7 Å². The minimum atomic E-state index is -3.75. The second-order valence-corrected chi connectivity index (χ2v) is 6.94. The Labute approximate surface area is 117 Å². The van der Waals surface area contributed by atoms with Crippen LogP contribution in [0.15, 0.2) is 23.1 Å². The van der Waals surface area contributed by atoms with Gasteiger partial charge < -0.3 is 5.32 Å². The molecular formula is C13H18F2N2O2S. The lowest BCUT2D eigenvalue weighted by Crippen LogP contribution is -2.42. The number of benzene rings is 1. The Kier molecular flexibility index (Phi) is 4.72. The maximum Gasteiger partial charge on any atom is 0.243 e. The van der Waals surface area contributed by atoms with E-state index in [1.165, 1.54) is 4.31 Å². The van der Waals surface area contributed by atoms with E-state index in [-0.39, 0.29) is 10.8 Å². The molecule has 4 nitrogen and oxygen atoms in total. The zero-order chi connectivity index (χ0) is 14.8. The Morgan fingerprint density at radius 1 is 1.35 bits per heavy atom. The van der Waals surface area contributed by atoms with Crippen LogP contribution in [0.3, 0.4) is 0 Å². The topological polar surface area (TPSA) is 49.4 Å². The van der Waals surface area contributed by atoms with Gasteiger partial charge in [0, 0.05) is 13.1 Å². The summed E-state index contributed by atoms with van der Waals surface area (Å²) < 4.78 is 52.3. The molecule has 1 aromatic rings. The summed E-state index contributed by atoms with van der Waals surface area (Å²) in [7, 11) is -1.93. The molecule has 0 bridgehead atoms. The molecule has 20 heavy (non-hydrogen) atoms. The van der Waals surface area contributed by atoms with Crippen molar-refractivity contribution in [3.63, 3.8) is 0 Å². The molecule has 1 N–H and O–H groups in total. The van der Waals surface area contributed by atoms with Crippen LogP contribution >= 0.6 is 0 Å². The third-order valence-electron chi connectivity index (χ3n) is 3.50. The largest absolute Gasteiger partial charge is 0.319 e. The number of hydrogen-bond donors (Lipinski definition) is 1. The lowest BCUT2D eigenvalue weighted by Gasteiger charge is -2.31. The van der Waals surface area contributed by atoms with E-state index in [0.29, 0.717) is 13.1 Å². The number of nitrogens with one attached hydrogen (secondary N) is 1. The highest BCUT2D eigenvalue weighted by atomic mass is 32.2. The standard InChI is InChI=1S/C13H18F2N2O2S/c1-16-8-10-3-2-6-17(9-10)20(18,19)11-4-5-12(14)13(15)7-11/h4-5,7,10,16H,2-3,6,8-9H2,1H3/t10-/m1/s1. The van der Waals surface area contributed by atoms with Gasteiger partial charge in [0.2, 0.25) is 10.0 Å². The molecule has 1 fully saturated rings. The van der Waals surface area contributed by atoms with Gasteiger partial charge in [0.05, 0.1) is 4.90 Å². The van der Waals surface area contributed by atoms with Crippen LogP contribution in [-0.4, -0.2) is 39.4 Å². The van der Waals surface area contributed by atoms with Crippen molar-refractivity contribution >= 4 is 10.0 Å². The molecule has 0 aliphatic carbocycles. The predicted molar refractivity (Wildman–Crippen MR) is 71.8 cm³/mol. The molecule has 2 rings (SSSR count). The zero-order valence-corrected chi connectivity index (χ0v) is 12.1. The fourth-order valence-corrected chi connectivity index (χ4v) is 4.05. The summed E-state index contributed by atoms with van der Waals surface area (Å²) in [5, 5.41) is 3.03. The minimum Gasteiger partial charge on any atom is -0.319 e. The van der Waals surface area contributed by atoms with Crippen molar-refractivity contribution < 1.29 is 17.2 Å². The maximum atomic E-state index is 13.2. The molecule has 0 unspecified atom stereocenters. The van der Waals surface area contributed by atoms with Crippen LogP contribution in [0.25, 0.3) is 0 Å². The molecule has 1 heterocycles. The molecule has 0 saturated carbocycles. The lowest BCUT2D eigenvalue weighted by atomic mass is 10.00. The highest BCUT2D eigenvalue weighted by Gasteiger charge is 2.30. The quantitative estimate of drug-likeness (QED) is 0.919. The van der Waals surface area contributed by atoms with E-state index in [0.717, 1.165) is 37.6 Å². The van der Waals surface area contributed by atoms with E-state index in [1.54, 1.807) is 0 Å². The predicted octanol–water partition coefficient (Wildman–Crippen LogP) is 1.58. The smallest absolute Gasteiger partial charge is 0.243 e. The molecule has 0 amide bonds. The molecule has 0 radical (unpaired) electrons. The van der Waals surface area contributed by atoms with Crippen molar-refractivity contribution in [3.8, 4) is 0 Å². The highest BCUT2D eigenvalue weighted by molar-refractivity contribution is 7.89. The Balaban J connectivity index is 2.23. The van der Waals surface area contributed by atoms with Gasteiger partial charge in [0.15, 0.2) is 11.6 Å². The first-order valence-corrected chi connectivity index (χ1v) is 7.99. The second kappa shape index (κ2) is 6.15. The molecule has 1 saturated heterocycles. The van der Waals surface area contributed by atoms with Gasteiger partial charge in [0.25, 0.3) is 0 Å². The number of hydrogen-bond acceptors (Lipinski definition) is 3. The summed E-state index contributed by atoms with van der Waals surface area (Å²) in [6, 6.07) is 2.69. The molecule has 1 aliphatic rings. The number of sulfonamides is 1. The Hall–Kier alpha value is -1.05. The summed E-state index contributed by atoms with van der Waals surface area (Å²) in [5.41, 5.74) is 0. The summed E-state index contributed by atoms with van der Waals surface area (Å²) in [6.45, 7) is 1.56. The Morgan fingerprint density at radius 3 is 2.75 bits per heavy atom. The fourth-order valence-electron chi connectivity index (χ4n) is 2.49. The van der Waals surface area contributed by atoms with Crippen LogP contribution in [0.2, 0.25) is 0 Å². The van der Waals surface area contributed by atoms with Crippen LogP contribution in [0, 0.1) is 17.6 Å². The number of piperidine rings is 1. The van der Waals surface area contributed by atoms with Crippen LogP contribution in [-0.2, 0) is 10.0 Å². The molecule has 1 aromatic carbocycles. The Bertz CT molecular complexity index is 576. The molecule has 1 aliphatic heterocycles. The van der Waals surface area contributed by atoms with E-state index in [4.69, 9.17) is 0 Å². The summed E-state index contributed by atoms with van der Waals surface area (Å²) in [6.07, 6.45) is 1.74. The van der Waals surface area contributed by atoms with Crippen molar-refractivity contribution in [3.05, 3.63) is 29.8 Å². The minimum absolute atomic E-state index is 0.193. The van der Waals surface area contributed by atoms with Crippen LogP contribution < -0.4 is 5.32 Å². The van der Waals surface area contributed by atoms with Crippen LogP contribution in [0.5, 0.6) is 0 Å². The number of nitrogens with zero attached hydrogens (tertiary/aromatic N) is 1. The van der Waals surface area contributed by atoms with Crippen LogP contribution in [0.4, 0.5) is 8.78 Å². The molecule has 7 heteroatoms. The third kappa shape index (κ3) is 3.16. The molecular weight excluding hydrogens is 286 g/mol. The van der Waals surface area contributed by atoms with Gasteiger partial charge in [-0.15, -0.1) is 0 Å². The van der Waals surface area contributed by atoms with Gasteiger partial charge in [-0.25, -0.2) is 17.2 Å². The average Bonchev–Trinajstić information content (AvgIpc) is 2.42. The average molecular weight is 304 g/mol. The first kappa shape index (κ1) is 15.3. The van der Waals surface area contributed by atoms with E-state index in [2.05, 4.69) is 5.32 Å². The van der Waals surface area contributed by atoms with E-state index in [1.807, 2.05) is 7.05 Å². The number of halogens is 2. The summed E-state index contributed by atoms with van der Waals surface area (Å²) in [4.78, 5) is -0.193. The van der Waals surface area contributed by atoms with Gasteiger partial charge >= 0.3 is 0 Å². The van der Waals surface area contributed by atoms with Gasteiger partial charge in [-0.2, -0.15) is 4.31 Å². The molecule has 1 atom stereocenters. The normalized spacial score (nSPS) is 21.1. The van der Waals surface area contributed by atoms with E-state index >= 15 is 0 Å². The van der Waals surface area contributed by atoms with Crippen molar-refractivity contribution in [2.45, 2.75) is 17.7 Å². The Morgan fingerprint density at radius 2 is 2.10 bits per heavy atom. The maximum absolute atomic E-state index is 13.2. The summed E-state index contributed by atoms with van der Waals surface area (Å²) in [5.74, 6) is -1.95. The third-order valence-corrected chi connectivity index (χ3v) is 5.36. The van der Waals surface area contributed by atoms with Gasteiger partial charge in [-0.1, -0.05) is 0 Å². The SMILES string of the molecule is CNC[C@H]1CCCN(S(=O)(=O)c2ccc(F)c(F)c2)C1. The summed E-state index contributed by atoms with van der Waals surface area (Å²) >= 11 is 0. The fraction of sp³-hybridized carbons (Fsp3) is 0.538. The molecule has 0 spiro atoms. The molecule has 112 valence electrons. The van der Waals surface area contributed by atoms with Crippen molar-refractivity contribution in [2.24, 2.45) is 5.92 Å². The monoisotopic (exact) mass is 304 g/mol. The van der Waals surface area contributed by atoms with Gasteiger partial charge in [-0.05, 0) is 50.6 Å².